The summed E-state index contributed by atoms with van der Waals surface area (Å²) in [5.41, 5.74) is 1.05. The lowest BCUT2D eigenvalue weighted by Gasteiger charge is -2.05. The Kier molecular flexibility index (Phi) is 4.47. The highest BCUT2D eigenvalue weighted by molar-refractivity contribution is 7.98. The minimum absolute atomic E-state index is 0.298. The summed E-state index contributed by atoms with van der Waals surface area (Å²) in [6, 6.07) is 13.2. The Balaban J connectivity index is 1.97. The molecular weight excluding hydrogens is 244 g/mol. The molecule has 1 aromatic heterocycles. The van der Waals surface area contributed by atoms with Crippen LogP contribution in [0.4, 0.5) is 5.82 Å². The van der Waals surface area contributed by atoms with Gasteiger partial charge in [-0.15, -0.1) is 11.8 Å². The van der Waals surface area contributed by atoms with Crippen molar-refractivity contribution < 1.29 is 5.11 Å². The second-order valence-electron chi connectivity index (χ2n) is 3.83. The summed E-state index contributed by atoms with van der Waals surface area (Å²) in [6.07, 6.45) is 0. The summed E-state index contributed by atoms with van der Waals surface area (Å²) in [6.45, 7) is 2.93. The van der Waals surface area contributed by atoms with Crippen molar-refractivity contribution in [3.05, 3.63) is 48.2 Å². The molecule has 0 atom stereocenters. The van der Waals surface area contributed by atoms with E-state index in [1.165, 1.54) is 0 Å². The van der Waals surface area contributed by atoms with Gasteiger partial charge in [0.05, 0.1) is 5.69 Å². The first kappa shape index (κ1) is 12.8. The number of pyridine rings is 1. The van der Waals surface area contributed by atoms with Gasteiger partial charge in [-0.1, -0.05) is 6.07 Å². The highest BCUT2D eigenvalue weighted by atomic mass is 32.2. The maximum atomic E-state index is 9.21. The Morgan fingerprint density at radius 1 is 1.17 bits per heavy atom. The van der Waals surface area contributed by atoms with Gasteiger partial charge >= 0.3 is 0 Å². The molecule has 0 spiro atoms. The largest absolute Gasteiger partial charge is 0.508 e. The lowest BCUT2D eigenvalue weighted by Crippen LogP contribution is -2.00. The average Bonchev–Trinajstić information content (AvgIpc) is 2.39. The molecule has 0 aliphatic carbocycles. The average molecular weight is 260 g/mol. The van der Waals surface area contributed by atoms with Gasteiger partial charge in [0.25, 0.3) is 0 Å². The van der Waals surface area contributed by atoms with E-state index in [4.69, 9.17) is 0 Å². The fourth-order valence-electron chi connectivity index (χ4n) is 1.54. The van der Waals surface area contributed by atoms with E-state index in [0.717, 1.165) is 28.7 Å². The maximum Gasteiger partial charge on any atom is 0.126 e. The van der Waals surface area contributed by atoms with Crippen molar-refractivity contribution in [2.24, 2.45) is 0 Å². The van der Waals surface area contributed by atoms with Crippen molar-refractivity contribution in [3.63, 3.8) is 0 Å². The highest BCUT2D eigenvalue weighted by Crippen LogP contribution is 2.24. The van der Waals surface area contributed by atoms with E-state index in [1.807, 2.05) is 30.3 Å². The second-order valence-corrected chi connectivity index (χ2v) is 4.88. The zero-order valence-corrected chi connectivity index (χ0v) is 11.1. The van der Waals surface area contributed by atoms with Crippen molar-refractivity contribution >= 4 is 17.6 Å². The number of benzene rings is 1. The SMILES string of the molecule is CCNc1cccc(CSc2ccc(O)cc2)n1. The summed E-state index contributed by atoms with van der Waals surface area (Å²) in [7, 11) is 0. The van der Waals surface area contributed by atoms with Gasteiger partial charge < -0.3 is 10.4 Å². The third kappa shape index (κ3) is 3.67. The summed E-state index contributed by atoms with van der Waals surface area (Å²) >= 11 is 1.71. The van der Waals surface area contributed by atoms with E-state index in [9.17, 15) is 5.11 Å². The second kappa shape index (κ2) is 6.31. The van der Waals surface area contributed by atoms with E-state index in [1.54, 1.807) is 23.9 Å². The number of hydrogen-bond acceptors (Lipinski definition) is 4. The molecule has 1 heterocycles. The van der Waals surface area contributed by atoms with Crippen LogP contribution in [-0.4, -0.2) is 16.6 Å². The molecule has 0 radical (unpaired) electrons. The molecule has 0 saturated carbocycles. The van der Waals surface area contributed by atoms with Gasteiger partial charge in [0.2, 0.25) is 0 Å². The number of thioether (sulfide) groups is 1. The molecule has 2 rings (SSSR count). The third-order valence-corrected chi connectivity index (χ3v) is 3.43. The summed E-state index contributed by atoms with van der Waals surface area (Å²) < 4.78 is 0. The molecule has 1 aromatic carbocycles. The molecule has 4 heteroatoms. The number of anilines is 1. The Bertz CT molecular complexity index is 499. The van der Waals surface area contributed by atoms with Crippen LogP contribution in [0.25, 0.3) is 0 Å². The van der Waals surface area contributed by atoms with Crippen LogP contribution < -0.4 is 5.32 Å². The Morgan fingerprint density at radius 3 is 2.67 bits per heavy atom. The molecule has 2 aromatic rings. The first-order valence-corrected chi connectivity index (χ1v) is 6.88. The van der Waals surface area contributed by atoms with Crippen molar-refractivity contribution in [2.45, 2.75) is 17.6 Å². The summed E-state index contributed by atoms with van der Waals surface area (Å²) in [5, 5.41) is 12.4. The molecule has 0 aliphatic rings. The van der Waals surface area contributed by atoms with Crippen LogP contribution >= 0.6 is 11.8 Å². The number of nitrogens with zero attached hydrogens (tertiary/aromatic N) is 1. The molecule has 94 valence electrons. The standard InChI is InChI=1S/C14H16N2OS/c1-2-15-14-5-3-4-11(16-14)10-18-13-8-6-12(17)7-9-13/h3-9,17H,2,10H2,1H3,(H,15,16). The van der Waals surface area contributed by atoms with Crippen LogP contribution in [-0.2, 0) is 5.75 Å². The highest BCUT2D eigenvalue weighted by Gasteiger charge is 1.99. The third-order valence-electron chi connectivity index (χ3n) is 2.39. The molecule has 2 N–H and O–H groups in total. The summed E-state index contributed by atoms with van der Waals surface area (Å²) in [4.78, 5) is 5.64. The first-order valence-electron chi connectivity index (χ1n) is 5.89. The minimum atomic E-state index is 0.298. The lowest BCUT2D eigenvalue weighted by atomic mass is 10.3. The van der Waals surface area contributed by atoms with Crippen LogP contribution in [0.3, 0.4) is 0 Å². The predicted octanol–water partition coefficient (Wildman–Crippen LogP) is 3.51. The monoisotopic (exact) mass is 260 g/mol. The zero-order valence-electron chi connectivity index (χ0n) is 10.3. The van der Waals surface area contributed by atoms with Gasteiger partial charge in [-0.25, -0.2) is 4.98 Å². The van der Waals surface area contributed by atoms with Crippen molar-refractivity contribution in [3.8, 4) is 5.75 Å². The number of phenolic OH excluding ortho intramolecular Hbond substituents is 1. The smallest absolute Gasteiger partial charge is 0.126 e. The number of hydrogen-bond donors (Lipinski definition) is 2. The zero-order chi connectivity index (χ0) is 12.8. The molecule has 3 nitrogen and oxygen atoms in total. The topological polar surface area (TPSA) is 45.1 Å². The van der Waals surface area contributed by atoms with E-state index < -0.39 is 0 Å². The molecule has 0 bridgehead atoms. The number of rotatable bonds is 5. The quantitative estimate of drug-likeness (QED) is 0.807. The number of phenols is 1. The van der Waals surface area contributed by atoms with Gasteiger partial charge in [0.15, 0.2) is 0 Å². The molecule has 0 amide bonds. The van der Waals surface area contributed by atoms with Crippen LogP contribution in [0.2, 0.25) is 0 Å². The molecule has 0 unspecified atom stereocenters. The van der Waals surface area contributed by atoms with E-state index in [2.05, 4.69) is 17.2 Å². The first-order chi connectivity index (χ1) is 8.78. The maximum absolute atomic E-state index is 9.21. The fraction of sp³-hybridized carbons (Fsp3) is 0.214. The minimum Gasteiger partial charge on any atom is -0.508 e. The Hall–Kier alpha value is -1.68. The number of aromatic hydroxyl groups is 1. The van der Waals surface area contributed by atoms with E-state index in [0.29, 0.717) is 5.75 Å². The van der Waals surface area contributed by atoms with Crippen molar-refractivity contribution in [1.82, 2.24) is 4.98 Å². The van der Waals surface area contributed by atoms with Crippen molar-refractivity contribution in [1.29, 1.82) is 0 Å². The normalized spacial score (nSPS) is 10.3. The molecule has 0 aliphatic heterocycles. The van der Waals surface area contributed by atoms with Gasteiger partial charge in [-0.2, -0.15) is 0 Å². The molecule has 18 heavy (non-hydrogen) atoms. The Morgan fingerprint density at radius 2 is 1.94 bits per heavy atom. The van der Waals surface area contributed by atoms with Crippen molar-refractivity contribution in [2.75, 3.05) is 11.9 Å². The molecule has 0 saturated heterocycles. The van der Waals surface area contributed by atoms with Crippen LogP contribution in [0.1, 0.15) is 12.6 Å². The van der Waals surface area contributed by atoms with Gasteiger partial charge in [-0.3, -0.25) is 0 Å². The number of aromatic nitrogens is 1. The van der Waals surface area contributed by atoms with Crippen LogP contribution in [0.15, 0.2) is 47.4 Å². The van der Waals surface area contributed by atoms with Crippen LogP contribution in [0.5, 0.6) is 5.75 Å². The van der Waals surface area contributed by atoms with E-state index >= 15 is 0 Å². The Labute approximate surface area is 111 Å². The molecule has 0 fully saturated rings. The lowest BCUT2D eigenvalue weighted by molar-refractivity contribution is 0.475. The van der Waals surface area contributed by atoms with Gasteiger partial charge in [0.1, 0.15) is 11.6 Å². The van der Waals surface area contributed by atoms with Gasteiger partial charge in [-0.05, 0) is 43.3 Å². The van der Waals surface area contributed by atoms with E-state index in [-0.39, 0.29) is 0 Å². The predicted molar refractivity (Wildman–Crippen MR) is 76.1 cm³/mol. The molecular formula is C14H16N2OS. The fourth-order valence-corrected chi connectivity index (χ4v) is 2.34. The number of nitrogens with one attached hydrogen (secondary N) is 1. The van der Waals surface area contributed by atoms with Gasteiger partial charge in [0, 0.05) is 17.2 Å². The van der Waals surface area contributed by atoms with Crippen LogP contribution in [0, 0.1) is 0 Å². The summed E-state index contributed by atoms with van der Waals surface area (Å²) in [5.74, 6) is 2.04.